The molecule has 9 heteroatoms. The predicted octanol–water partition coefficient (Wildman–Crippen LogP) is 2.04. The van der Waals surface area contributed by atoms with Crippen molar-refractivity contribution in [2.45, 2.75) is 33.2 Å². The molecule has 4 heterocycles. The minimum absolute atomic E-state index is 0.150. The fourth-order valence-electron chi connectivity index (χ4n) is 4.30. The maximum Gasteiger partial charge on any atom is 0.274 e. The van der Waals surface area contributed by atoms with Gasteiger partial charge in [0.2, 0.25) is 5.95 Å². The number of aryl methyl sites for hydroxylation is 1. The summed E-state index contributed by atoms with van der Waals surface area (Å²) >= 11 is 0. The van der Waals surface area contributed by atoms with Gasteiger partial charge in [-0.2, -0.15) is 4.98 Å². The number of aromatic nitrogens is 3. The first-order valence-corrected chi connectivity index (χ1v) is 10.5. The number of carbonyl (C=O) groups is 1. The van der Waals surface area contributed by atoms with Gasteiger partial charge >= 0.3 is 0 Å². The molecule has 0 saturated carbocycles. The number of hydrogen-bond donors (Lipinski definition) is 1. The Labute approximate surface area is 182 Å². The second kappa shape index (κ2) is 8.50. The van der Waals surface area contributed by atoms with Crippen molar-refractivity contribution in [1.82, 2.24) is 19.9 Å². The number of nitrogens with zero attached hydrogens (tertiary/aromatic N) is 6. The lowest BCUT2D eigenvalue weighted by Crippen LogP contribution is -2.46. The van der Waals surface area contributed by atoms with Gasteiger partial charge in [-0.25, -0.2) is 4.98 Å². The van der Waals surface area contributed by atoms with Crippen molar-refractivity contribution in [2.75, 3.05) is 48.8 Å². The van der Waals surface area contributed by atoms with Crippen LogP contribution >= 0.6 is 0 Å². The van der Waals surface area contributed by atoms with E-state index in [0.29, 0.717) is 30.3 Å². The van der Waals surface area contributed by atoms with Crippen LogP contribution in [0.4, 0.5) is 17.5 Å². The van der Waals surface area contributed by atoms with Gasteiger partial charge in [0.05, 0.1) is 25.5 Å². The van der Waals surface area contributed by atoms with Crippen LogP contribution in [0.3, 0.4) is 0 Å². The number of carbonyl (C=O) groups excluding carboxylic acids is 1. The third kappa shape index (κ3) is 3.93. The summed E-state index contributed by atoms with van der Waals surface area (Å²) in [7, 11) is 1.64. The highest BCUT2D eigenvalue weighted by atomic mass is 16.5. The van der Waals surface area contributed by atoms with E-state index < -0.39 is 0 Å². The molecule has 1 saturated heterocycles. The molecule has 0 aromatic carbocycles. The number of nitrogens with two attached hydrogens (primary N) is 1. The van der Waals surface area contributed by atoms with Crippen LogP contribution in [0.25, 0.3) is 0 Å². The van der Waals surface area contributed by atoms with E-state index in [9.17, 15) is 4.79 Å². The van der Waals surface area contributed by atoms with Gasteiger partial charge in [-0.15, -0.1) is 0 Å². The maximum atomic E-state index is 13.3. The van der Waals surface area contributed by atoms with Crippen LogP contribution in [-0.4, -0.2) is 59.0 Å². The molecule has 2 aliphatic heterocycles. The van der Waals surface area contributed by atoms with E-state index in [-0.39, 0.29) is 11.9 Å². The molecule has 0 atom stereocenters. The standard InChI is InChI=1S/C22H29N7O2/c1-14-11-24-17(15(2)19(14)31-4)13-29-16(3)21(30)28(10-9-27-7-5-6-8-27)18-12-25-22(23)26-20(18)29/h11-12H,3,5-10,13H2,1-2,4H3,(H2,23,25,26). The van der Waals surface area contributed by atoms with Gasteiger partial charge in [-0.3, -0.25) is 9.78 Å². The SMILES string of the molecule is C=C1C(=O)N(CCN2CCCC2)c2cnc(N)nc2N1Cc1ncc(C)c(OC)c1C. The van der Waals surface area contributed by atoms with E-state index in [1.807, 2.05) is 13.8 Å². The smallest absolute Gasteiger partial charge is 0.274 e. The van der Waals surface area contributed by atoms with E-state index in [1.165, 1.54) is 12.8 Å². The van der Waals surface area contributed by atoms with E-state index in [1.54, 1.807) is 29.3 Å². The number of ether oxygens (including phenoxy) is 1. The zero-order valence-electron chi connectivity index (χ0n) is 18.4. The summed E-state index contributed by atoms with van der Waals surface area (Å²) in [6.45, 7) is 11.8. The molecule has 2 N–H and O–H groups in total. The van der Waals surface area contributed by atoms with Crippen LogP contribution in [0.5, 0.6) is 5.75 Å². The Hall–Kier alpha value is -3.20. The van der Waals surface area contributed by atoms with Crippen molar-refractivity contribution in [3.05, 3.63) is 41.5 Å². The number of hydrogen-bond acceptors (Lipinski definition) is 8. The number of amides is 1. The third-order valence-electron chi connectivity index (χ3n) is 6.03. The van der Waals surface area contributed by atoms with Crippen molar-refractivity contribution in [1.29, 1.82) is 0 Å². The minimum atomic E-state index is -0.156. The Morgan fingerprint density at radius 2 is 1.87 bits per heavy atom. The lowest BCUT2D eigenvalue weighted by atomic mass is 10.1. The summed E-state index contributed by atoms with van der Waals surface area (Å²) in [5, 5.41) is 0. The summed E-state index contributed by atoms with van der Waals surface area (Å²) in [5.41, 5.74) is 9.55. The molecule has 2 aromatic rings. The Bertz CT molecular complexity index is 1020. The van der Waals surface area contributed by atoms with Crippen molar-refractivity contribution < 1.29 is 9.53 Å². The van der Waals surface area contributed by atoms with Gasteiger partial charge in [-0.1, -0.05) is 6.58 Å². The summed E-state index contributed by atoms with van der Waals surface area (Å²) in [6.07, 6.45) is 5.80. The van der Waals surface area contributed by atoms with E-state index in [4.69, 9.17) is 10.5 Å². The molecule has 1 fully saturated rings. The topological polar surface area (TPSA) is 101 Å². The number of pyridine rings is 1. The van der Waals surface area contributed by atoms with Crippen molar-refractivity contribution in [2.24, 2.45) is 0 Å². The number of rotatable bonds is 6. The Balaban J connectivity index is 1.67. The number of methoxy groups -OCH3 is 1. The van der Waals surface area contributed by atoms with Crippen LogP contribution in [0.2, 0.25) is 0 Å². The van der Waals surface area contributed by atoms with E-state index >= 15 is 0 Å². The second-order valence-corrected chi connectivity index (χ2v) is 8.02. The molecule has 0 spiro atoms. The lowest BCUT2D eigenvalue weighted by Gasteiger charge is -2.37. The third-order valence-corrected chi connectivity index (χ3v) is 6.03. The van der Waals surface area contributed by atoms with Crippen LogP contribution in [0.15, 0.2) is 24.7 Å². The molecule has 0 aliphatic carbocycles. The highest BCUT2D eigenvalue weighted by Gasteiger charge is 2.35. The molecule has 4 rings (SSSR count). The molecule has 0 unspecified atom stereocenters. The van der Waals surface area contributed by atoms with Gasteiger partial charge in [0, 0.05) is 30.4 Å². The molecular formula is C22H29N7O2. The Morgan fingerprint density at radius 3 is 2.58 bits per heavy atom. The van der Waals surface area contributed by atoms with Crippen LogP contribution in [0, 0.1) is 13.8 Å². The molecule has 0 radical (unpaired) electrons. The van der Waals surface area contributed by atoms with Gasteiger partial charge in [-0.05, 0) is 39.8 Å². The quantitative estimate of drug-likeness (QED) is 0.705. The Morgan fingerprint density at radius 1 is 1.13 bits per heavy atom. The molecule has 2 aromatic heterocycles. The zero-order valence-corrected chi connectivity index (χ0v) is 18.4. The van der Waals surface area contributed by atoms with Crippen molar-refractivity contribution in [3.63, 3.8) is 0 Å². The maximum absolute atomic E-state index is 13.3. The normalized spacial score (nSPS) is 16.7. The lowest BCUT2D eigenvalue weighted by molar-refractivity contribution is -0.115. The molecule has 31 heavy (non-hydrogen) atoms. The number of anilines is 3. The minimum Gasteiger partial charge on any atom is -0.496 e. The van der Waals surface area contributed by atoms with E-state index in [2.05, 4.69) is 26.4 Å². The fourth-order valence-corrected chi connectivity index (χ4v) is 4.30. The van der Waals surface area contributed by atoms with Crippen molar-refractivity contribution in [3.8, 4) is 5.75 Å². The van der Waals surface area contributed by atoms with Crippen LogP contribution in [0.1, 0.15) is 29.7 Å². The molecule has 9 nitrogen and oxygen atoms in total. The Kier molecular flexibility index (Phi) is 5.77. The summed E-state index contributed by atoms with van der Waals surface area (Å²) in [5.74, 6) is 1.35. The molecular weight excluding hydrogens is 394 g/mol. The summed E-state index contributed by atoms with van der Waals surface area (Å²) in [6, 6.07) is 0. The second-order valence-electron chi connectivity index (χ2n) is 8.02. The summed E-state index contributed by atoms with van der Waals surface area (Å²) < 4.78 is 5.53. The monoisotopic (exact) mass is 423 g/mol. The van der Waals surface area contributed by atoms with Gasteiger partial charge in [0.25, 0.3) is 5.91 Å². The highest BCUT2D eigenvalue weighted by molar-refractivity contribution is 6.12. The molecule has 2 aliphatic rings. The first kappa shape index (κ1) is 21.0. The molecule has 164 valence electrons. The first-order chi connectivity index (χ1) is 14.9. The summed E-state index contributed by atoms with van der Waals surface area (Å²) in [4.78, 5) is 32.3. The van der Waals surface area contributed by atoms with Crippen molar-refractivity contribution >= 4 is 23.4 Å². The van der Waals surface area contributed by atoms with Crippen LogP contribution in [-0.2, 0) is 11.3 Å². The molecule has 1 amide bonds. The van der Waals surface area contributed by atoms with Gasteiger partial charge in [0.1, 0.15) is 17.1 Å². The average molecular weight is 424 g/mol. The number of likely N-dealkylation sites (tertiary alicyclic amines) is 1. The van der Waals surface area contributed by atoms with Gasteiger partial charge < -0.3 is 25.2 Å². The highest BCUT2D eigenvalue weighted by Crippen LogP contribution is 2.37. The fraction of sp³-hybridized carbons (Fsp3) is 0.455. The average Bonchev–Trinajstić information content (AvgIpc) is 3.27. The van der Waals surface area contributed by atoms with Crippen LogP contribution < -0.4 is 20.3 Å². The number of fused-ring (bicyclic) bond motifs is 1. The first-order valence-electron chi connectivity index (χ1n) is 10.5. The molecule has 0 bridgehead atoms. The number of nitrogen functional groups attached to an aromatic ring is 1. The zero-order chi connectivity index (χ0) is 22.1. The largest absolute Gasteiger partial charge is 0.496 e. The van der Waals surface area contributed by atoms with E-state index in [0.717, 1.165) is 42.2 Å². The predicted molar refractivity (Wildman–Crippen MR) is 120 cm³/mol. The van der Waals surface area contributed by atoms with Gasteiger partial charge in [0.15, 0.2) is 5.82 Å².